The summed E-state index contributed by atoms with van der Waals surface area (Å²) in [6.45, 7) is 4.10. The Bertz CT molecular complexity index is 466. The summed E-state index contributed by atoms with van der Waals surface area (Å²) in [7, 11) is 0. The summed E-state index contributed by atoms with van der Waals surface area (Å²) in [5.41, 5.74) is 4.45. The Morgan fingerprint density at radius 2 is 1.47 bits per heavy atom. The van der Waals surface area contributed by atoms with Gasteiger partial charge in [0.05, 0.1) is 0 Å². The van der Waals surface area contributed by atoms with Gasteiger partial charge >= 0.3 is 0 Å². The second kappa shape index (κ2) is 3.85. The van der Waals surface area contributed by atoms with Crippen molar-refractivity contribution >= 4 is 0 Å². The number of hydrogen-bond acceptors (Lipinski definition) is 0. The van der Waals surface area contributed by atoms with Crippen LogP contribution in [-0.2, 0) is 0 Å². The van der Waals surface area contributed by atoms with Gasteiger partial charge in [-0.1, -0.05) is 30.3 Å². The van der Waals surface area contributed by atoms with Crippen molar-refractivity contribution in [2.24, 2.45) is 0 Å². The van der Waals surface area contributed by atoms with Crippen LogP contribution in [0.2, 0.25) is 0 Å². The average molecular weight is 200 g/mol. The van der Waals surface area contributed by atoms with Gasteiger partial charge < -0.3 is 0 Å². The maximum atomic E-state index is 13.1. The minimum absolute atomic E-state index is 0.185. The molecule has 2 aromatic rings. The molecule has 2 aromatic carbocycles. The summed E-state index contributed by atoms with van der Waals surface area (Å²) in [5.74, 6) is -0.185. The molecule has 0 aliphatic heterocycles. The number of benzene rings is 2. The highest BCUT2D eigenvalue weighted by Crippen LogP contribution is 2.27. The molecule has 15 heavy (non-hydrogen) atoms. The molecule has 0 atom stereocenters. The number of rotatable bonds is 1. The lowest BCUT2D eigenvalue weighted by Gasteiger charge is -2.09. The Hall–Kier alpha value is -1.63. The zero-order chi connectivity index (χ0) is 10.8. The molecule has 0 heterocycles. The molecule has 0 aliphatic carbocycles. The summed E-state index contributed by atoms with van der Waals surface area (Å²) in [4.78, 5) is 0. The Morgan fingerprint density at radius 1 is 0.867 bits per heavy atom. The van der Waals surface area contributed by atoms with Gasteiger partial charge in [-0.25, -0.2) is 4.39 Å². The number of hydrogen-bond donors (Lipinski definition) is 0. The smallest absolute Gasteiger partial charge is 0.123 e. The third kappa shape index (κ3) is 1.91. The molecular formula is C14H13F. The summed E-state index contributed by atoms with van der Waals surface area (Å²) in [6.07, 6.45) is 0. The van der Waals surface area contributed by atoms with Crippen molar-refractivity contribution in [2.75, 3.05) is 0 Å². The van der Waals surface area contributed by atoms with Gasteiger partial charge in [0, 0.05) is 0 Å². The van der Waals surface area contributed by atoms with Crippen LogP contribution < -0.4 is 0 Å². The fourth-order valence-electron chi connectivity index (χ4n) is 1.91. The molecule has 0 amide bonds. The predicted octanol–water partition coefficient (Wildman–Crippen LogP) is 4.11. The quantitative estimate of drug-likeness (QED) is 0.649. The standard InChI is InChI=1S/C14H13F/c1-10-5-3-6-11(2)14(10)12-7-4-8-13(15)9-12/h3-9H,1-2H3. The molecular weight excluding hydrogens is 187 g/mol. The second-order valence-electron chi connectivity index (χ2n) is 3.78. The van der Waals surface area contributed by atoms with Gasteiger partial charge in [0.2, 0.25) is 0 Å². The van der Waals surface area contributed by atoms with Crippen molar-refractivity contribution in [3.05, 3.63) is 59.4 Å². The molecule has 0 saturated heterocycles. The van der Waals surface area contributed by atoms with E-state index in [-0.39, 0.29) is 5.82 Å². The zero-order valence-corrected chi connectivity index (χ0v) is 8.92. The molecule has 2 rings (SSSR count). The Balaban J connectivity index is 2.63. The van der Waals surface area contributed by atoms with Crippen LogP contribution in [0.4, 0.5) is 4.39 Å². The molecule has 76 valence electrons. The first kappa shape index (κ1) is 9.91. The Kier molecular flexibility index (Phi) is 2.55. The maximum Gasteiger partial charge on any atom is 0.123 e. The molecule has 0 N–H and O–H groups in total. The predicted molar refractivity (Wildman–Crippen MR) is 61.3 cm³/mol. The van der Waals surface area contributed by atoms with Crippen molar-refractivity contribution in [1.29, 1.82) is 0 Å². The van der Waals surface area contributed by atoms with E-state index in [2.05, 4.69) is 0 Å². The topological polar surface area (TPSA) is 0 Å². The molecule has 0 aliphatic rings. The summed E-state index contributed by atoms with van der Waals surface area (Å²) >= 11 is 0. The Labute approximate surface area is 89.4 Å². The first-order valence-electron chi connectivity index (χ1n) is 5.00. The van der Waals surface area contributed by atoms with Crippen molar-refractivity contribution in [2.45, 2.75) is 13.8 Å². The van der Waals surface area contributed by atoms with Gasteiger partial charge in [-0.05, 0) is 48.2 Å². The first-order valence-corrected chi connectivity index (χ1v) is 5.00. The lowest BCUT2D eigenvalue weighted by molar-refractivity contribution is 0.628. The van der Waals surface area contributed by atoms with Crippen molar-refractivity contribution < 1.29 is 4.39 Å². The highest BCUT2D eigenvalue weighted by Gasteiger charge is 2.05. The monoisotopic (exact) mass is 200 g/mol. The maximum absolute atomic E-state index is 13.1. The molecule has 0 unspecified atom stereocenters. The number of halogens is 1. The normalized spacial score (nSPS) is 10.3. The summed E-state index contributed by atoms with van der Waals surface area (Å²) in [6, 6.07) is 12.9. The van der Waals surface area contributed by atoms with Gasteiger partial charge in [-0.3, -0.25) is 0 Å². The van der Waals surface area contributed by atoms with E-state index in [4.69, 9.17) is 0 Å². The van der Waals surface area contributed by atoms with Gasteiger partial charge in [0.15, 0.2) is 0 Å². The van der Waals surface area contributed by atoms with Crippen LogP contribution in [0.15, 0.2) is 42.5 Å². The van der Waals surface area contributed by atoms with Crippen LogP contribution in [0.5, 0.6) is 0 Å². The van der Waals surface area contributed by atoms with E-state index >= 15 is 0 Å². The van der Waals surface area contributed by atoms with E-state index in [1.165, 1.54) is 17.2 Å². The minimum atomic E-state index is -0.185. The van der Waals surface area contributed by atoms with Crippen LogP contribution in [0.1, 0.15) is 11.1 Å². The molecule has 0 saturated carbocycles. The SMILES string of the molecule is Cc1cccc(C)c1-c1cccc(F)c1. The van der Waals surface area contributed by atoms with E-state index in [1.54, 1.807) is 12.1 Å². The van der Waals surface area contributed by atoms with Crippen LogP contribution in [0.25, 0.3) is 11.1 Å². The molecule has 0 nitrogen and oxygen atoms in total. The number of aryl methyl sites for hydroxylation is 2. The fraction of sp³-hybridized carbons (Fsp3) is 0.143. The van der Waals surface area contributed by atoms with E-state index in [9.17, 15) is 4.39 Å². The highest BCUT2D eigenvalue weighted by molar-refractivity contribution is 5.70. The van der Waals surface area contributed by atoms with Gasteiger partial charge in [0.1, 0.15) is 5.82 Å². The molecule has 0 radical (unpaired) electrons. The van der Waals surface area contributed by atoms with Crippen LogP contribution >= 0.6 is 0 Å². The average Bonchev–Trinajstić information content (AvgIpc) is 2.17. The van der Waals surface area contributed by atoms with E-state index in [0.717, 1.165) is 11.1 Å². The fourth-order valence-corrected chi connectivity index (χ4v) is 1.91. The van der Waals surface area contributed by atoms with E-state index < -0.39 is 0 Å². The van der Waals surface area contributed by atoms with Crippen molar-refractivity contribution in [3.63, 3.8) is 0 Å². The van der Waals surface area contributed by atoms with Gasteiger partial charge in [-0.2, -0.15) is 0 Å². The third-order valence-corrected chi connectivity index (χ3v) is 2.59. The van der Waals surface area contributed by atoms with Gasteiger partial charge in [0.25, 0.3) is 0 Å². The lowest BCUT2D eigenvalue weighted by Crippen LogP contribution is -1.88. The minimum Gasteiger partial charge on any atom is -0.207 e. The molecule has 0 fully saturated rings. The molecule has 0 aromatic heterocycles. The van der Waals surface area contributed by atoms with E-state index in [0.29, 0.717) is 0 Å². The van der Waals surface area contributed by atoms with Crippen LogP contribution in [0, 0.1) is 19.7 Å². The summed E-state index contributed by atoms with van der Waals surface area (Å²) in [5, 5.41) is 0. The third-order valence-electron chi connectivity index (χ3n) is 2.59. The highest BCUT2D eigenvalue weighted by atomic mass is 19.1. The second-order valence-corrected chi connectivity index (χ2v) is 3.78. The molecule has 0 spiro atoms. The van der Waals surface area contributed by atoms with Crippen molar-refractivity contribution in [1.82, 2.24) is 0 Å². The Morgan fingerprint density at radius 3 is 2.07 bits per heavy atom. The lowest BCUT2D eigenvalue weighted by atomic mass is 9.96. The zero-order valence-electron chi connectivity index (χ0n) is 8.92. The largest absolute Gasteiger partial charge is 0.207 e. The summed E-state index contributed by atoms with van der Waals surface area (Å²) < 4.78 is 13.1. The van der Waals surface area contributed by atoms with Gasteiger partial charge in [-0.15, -0.1) is 0 Å². The van der Waals surface area contributed by atoms with Crippen molar-refractivity contribution in [3.8, 4) is 11.1 Å². The molecule has 0 bridgehead atoms. The first-order chi connectivity index (χ1) is 7.18. The van der Waals surface area contributed by atoms with E-state index in [1.807, 2.05) is 38.1 Å². The van der Waals surface area contributed by atoms with Crippen LogP contribution in [-0.4, -0.2) is 0 Å². The molecule has 1 heteroatoms. The van der Waals surface area contributed by atoms with Crippen LogP contribution in [0.3, 0.4) is 0 Å².